The third-order valence-electron chi connectivity index (χ3n) is 2.93. The van der Waals surface area contributed by atoms with Crippen LogP contribution in [0.25, 0.3) is 0 Å². The van der Waals surface area contributed by atoms with Crippen LogP contribution in [0.15, 0.2) is 12.4 Å². The van der Waals surface area contributed by atoms with E-state index in [1.165, 1.54) is 19.3 Å². The second kappa shape index (κ2) is 3.61. The Hall–Kier alpha value is -1.03. The van der Waals surface area contributed by atoms with E-state index < -0.39 is 0 Å². The van der Waals surface area contributed by atoms with Crippen LogP contribution in [0.2, 0.25) is 0 Å². The molecule has 2 rings (SSSR count). The summed E-state index contributed by atoms with van der Waals surface area (Å²) in [5.41, 5.74) is 0.133. The summed E-state index contributed by atoms with van der Waals surface area (Å²) in [5.74, 6) is 0.932. The minimum absolute atomic E-state index is 0.133. The normalized spacial score (nSPS) is 19.0. The van der Waals surface area contributed by atoms with Gasteiger partial charge in [-0.1, -0.05) is 0 Å². The molecule has 1 N–H and O–H groups in total. The van der Waals surface area contributed by atoms with Crippen molar-refractivity contribution in [2.75, 3.05) is 19.0 Å². The fourth-order valence-electron chi connectivity index (χ4n) is 1.91. The maximum atomic E-state index is 5.24. The van der Waals surface area contributed by atoms with Crippen LogP contribution in [-0.4, -0.2) is 28.8 Å². The van der Waals surface area contributed by atoms with E-state index in [1.807, 2.05) is 24.0 Å². The number of ether oxygens (including phenoxy) is 1. The van der Waals surface area contributed by atoms with Crippen LogP contribution in [0.1, 0.15) is 19.3 Å². The van der Waals surface area contributed by atoms with E-state index in [1.54, 1.807) is 7.11 Å². The molecule has 0 spiro atoms. The van der Waals surface area contributed by atoms with E-state index in [0.717, 1.165) is 12.6 Å². The zero-order valence-corrected chi connectivity index (χ0v) is 8.79. The first-order valence-corrected chi connectivity index (χ1v) is 5.00. The Bertz CT molecular complexity index is 304. The molecular weight excluding hydrogens is 178 g/mol. The Morgan fingerprint density at radius 1 is 1.64 bits per heavy atom. The fourth-order valence-corrected chi connectivity index (χ4v) is 1.91. The van der Waals surface area contributed by atoms with Gasteiger partial charge in [0.25, 0.3) is 0 Å². The summed E-state index contributed by atoms with van der Waals surface area (Å²) < 4.78 is 7.23. The molecule has 0 radical (unpaired) electrons. The largest absolute Gasteiger partial charge is 0.382 e. The van der Waals surface area contributed by atoms with Gasteiger partial charge in [-0.15, -0.1) is 0 Å². The van der Waals surface area contributed by atoms with Gasteiger partial charge in [0.1, 0.15) is 0 Å². The van der Waals surface area contributed by atoms with Gasteiger partial charge in [-0.25, -0.2) is 4.98 Å². The summed E-state index contributed by atoms with van der Waals surface area (Å²) in [6.07, 6.45) is 7.38. The zero-order chi connectivity index (χ0) is 10.0. The van der Waals surface area contributed by atoms with Crippen molar-refractivity contribution in [3.63, 3.8) is 0 Å². The molecule has 1 fully saturated rings. The maximum Gasteiger partial charge on any atom is 0.203 e. The third-order valence-corrected chi connectivity index (χ3v) is 2.93. The van der Waals surface area contributed by atoms with E-state index in [0.29, 0.717) is 0 Å². The maximum absolute atomic E-state index is 5.24. The minimum atomic E-state index is 0.133. The first kappa shape index (κ1) is 9.52. The second-order valence-corrected chi connectivity index (χ2v) is 4.05. The summed E-state index contributed by atoms with van der Waals surface area (Å²) in [6, 6.07) is 0. The number of nitrogens with zero attached hydrogens (tertiary/aromatic N) is 2. The summed E-state index contributed by atoms with van der Waals surface area (Å²) >= 11 is 0. The molecule has 1 heterocycles. The molecule has 0 aliphatic heterocycles. The highest BCUT2D eigenvalue weighted by Gasteiger charge is 2.37. The first-order chi connectivity index (χ1) is 6.76. The number of hydrogen-bond donors (Lipinski definition) is 1. The van der Waals surface area contributed by atoms with Gasteiger partial charge >= 0.3 is 0 Å². The molecule has 4 nitrogen and oxygen atoms in total. The summed E-state index contributed by atoms with van der Waals surface area (Å²) in [5, 5.41) is 3.47. The molecule has 0 bridgehead atoms. The standard InChI is InChI=1S/C10H17N3O/c1-13-7-6-11-9(13)12-10(8-14-2)4-3-5-10/h6-7H,3-5,8H2,1-2H3,(H,11,12). The van der Waals surface area contributed by atoms with Crippen LogP contribution in [0.3, 0.4) is 0 Å². The third kappa shape index (κ3) is 1.62. The lowest BCUT2D eigenvalue weighted by atomic mass is 9.77. The number of aryl methyl sites for hydroxylation is 1. The molecule has 14 heavy (non-hydrogen) atoms. The van der Waals surface area contributed by atoms with E-state index in [4.69, 9.17) is 4.74 Å². The van der Waals surface area contributed by atoms with Gasteiger partial charge in [0.15, 0.2) is 0 Å². The molecule has 0 atom stereocenters. The van der Waals surface area contributed by atoms with Crippen molar-refractivity contribution >= 4 is 5.95 Å². The smallest absolute Gasteiger partial charge is 0.203 e. The van der Waals surface area contributed by atoms with Crippen LogP contribution < -0.4 is 5.32 Å². The van der Waals surface area contributed by atoms with E-state index in [2.05, 4.69) is 10.3 Å². The van der Waals surface area contributed by atoms with Crippen molar-refractivity contribution in [2.45, 2.75) is 24.8 Å². The minimum Gasteiger partial charge on any atom is -0.382 e. The molecule has 1 aromatic rings. The quantitative estimate of drug-likeness (QED) is 0.789. The molecule has 0 amide bonds. The van der Waals surface area contributed by atoms with Gasteiger partial charge < -0.3 is 14.6 Å². The molecule has 4 heteroatoms. The van der Waals surface area contributed by atoms with Crippen molar-refractivity contribution < 1.29 is 4.74 Å². The van der Waals surface area contributed by atoms with Crippen LogP contribution in [0.4, 0.5) is 5.95 Å². The number of nitrogens with one attached hydrogen (secondary N) is 1. The number of rotatable bonds is 4. The van der Waals surface area contributed by atoms with Crippen molar-refractivity contribution in [3.05, 3.63) is 12.4 Å². The Labute approximate surface area is 84.3 Å². The average Bonchev–Trinajstić information content (AvgIpc) is 2.48. The van der Waals surface area contributed by atoms with Crippen LogP contribution in [0.5, 0.6) is 0 Å². The number of methoxy groups -OCH3 is 1. The van der Waals surface area contributed by atoms with Crippen LogP contribution in [0, 0.1) is 0 Å². The molecule has 1 aliphatic rings. The monoisotopic (exact) mass is 195 g/mol. The molecule has 0 aromatic carbocycles. The zero-order valence-electron chi connectivity index (χ0n) is 8.79. The van der Waals surface area contributed by atoms with Gasteiger partial charge in [0, 0.05) is 26.6 Å². The van der Waals surface area contributed by atoms with E-state index >= 15 is 0 Å². The van der Waals surface area contributed by atoms with Crippen molar-refractivity contribution in [2.24, 2.45) is 7.05 Å². The topological polar surface area (TPSA) is 39.1 Å². The van der Waals surface area contributed by atoms with Gasteiger partial charge in [-0.05, 0) is 19.3 Å². The molecule has 1 aliphatic carbocycles. The lowest BCUT2D eigenvalue weighted by Crippen LogP contribution is -2.49. The molecular formula is C10H17N3O. The molecule has 0 saturated heterocycles. The molecule has 1 aromatic heterocycles. The Balaban J connectivity index is 2.05. The Kier molecular flexibility index (Phi) is 2.46. The van der Waals surface area contributed by atoms with Crippen molar-refractivity contribution in [1.29, 1.82) is 0 Å². The molecule has 1 saturated carbocycles. The highest BCUT2D eigenvalue weighted by atomic mass is 16.5. The van der Waals surface area contributed by atoms with Crippen LogP contribution in [-0.2, 0) is 11.8 Å². The Morgan fingerprint density at radius 3 is 2.86 bits per heavy atom. The lowest BCUT2D eigenvalue weighted by Gasteiger charge is -2.42. The summed E-state index contributed by atoms with van der Waals surface area (Å²) in [7, 11) is 3.74. The van der Waals surface area contributed by atoms with Gasteiger partial charge in [0.2, 0.25) is 5.95 Å². The predicted octanol–water partition coefficient (Wildman–Crippen LogP) is 1.40. The number of anilines is 1. The SMILES string of the molecule is COCC1(Nc2nccn2C)CCC1. The van der Waals surface area contributed by atoms with Gasteiger partial charge in [0.05, 0.1) is 12.1 Å². The number of aromatic nitrogens is 2. The lowest BCUT2D eigenvalue weighted by molar-refractivity contribution is 0.0976. The Morgan fingerprint density at radius 2 is 2.43 bits per heavy atom. The number of hydrogen-bond acceptors (Lipinski definition) is 3. The van der Waals surface area contributed by atoms with E-state index in [9.17, 15) is 0 Å². The van der Waals surface area contributed by atoms with Crippen molar-refractivity contribution in [1.82, 2.24) is 9.55 Å². The predicted molar refractivity (Wildman–Crippen MR) is 55.3 cm³/mol. The van der Waals surface area contributed by atoms with Gasteiger partial charge in [-0.3, -0.25) is 0 Å². The second-order valence-electron chi connectivity index (χ2n) is 4.05. The number of imidazole rings is 1. The highest BCUT2D eigenvalue weighted by Crippen LogP contribution is 2.34. The van der Waals surface area contributed by atoms with E-state index in [-0.39, 0.29) is 5.54 Å². The highest BCUT2D eigenvalue weighted by molar-refractivity contribution is 5.32. The first-order valence-electron chi connectivity index (χ1n) is 5.00. The average molecular weight is 195 g/mol. The summed E-state index contributed by atoms with van der Waals surface area (Å²) in [4.78, 5) is 4.26. The van der Waals surface area contributed by atoms with Gasteiger partial charge in [-0.2, -0.15) is 0 Å². The van der Waals surface area contributed by atoms with Crippen LogP contribution >= 0.6 is 0 Å². The molecule has 78 valence electrons. The molecule has 0 unspecified atom stereocenters. The summed E-state index contributed by atoms with van der Waals surface area (Å²) in [6.45, 7) is 0.764. The van der Waals surface area contributed by atoms with Crippen molar-refractivity contribution in [3.8, 4) is 0 Å². The fraction of sp³-hybridized carbons (Fsp3) is 0.700.